The third-order valence-electron chi connectivity index (χ3n) is 3.05. The minimum atomic E-state index is -0.807. The van der Waals surface area contributed by atoms with Gasteiger partial charge in [-0.1, -0.05) is 0 Å². The lowest BCUT2D eigenvalue weighted by Gasteiger charge is -2.30. The molecule has 5 heteroatoms. The average molecular weight is 216 g/mol. The smallest absolute Gasteiger partial charge is 0.310 e. The molecule has 0 saturated carbocycles. The standard InChI is InChI=1S/C10H20N2O3/c1-10(8-11,9(13)14)2-3-12-4-6-15-7-5-12/h2-8,11H2,1H3,(H,13,14). The summed E-state index contributed by atoms with van der Waals surface area (Å²) < 4.78 is 5.22. The lowest BCUT2D eigenvalue weighted by molar-refractivity contribution is -0.148. The lowest BCUT2D eigenvalue weighted by atomic mass is 9.87. The first-order valence-electron chi connectivity index (χ1n) is 5.32. The highest BCUT2D eigenvalue weighted by atomic mass is 16.5. The monoisotopic (exact) mass is 216 g/mol. The number of morpholine rings is 1. The van der Waals surface area contributed by atoms with Gasteiger partial charge < -0.3 is 15.6 Å². The molecule has 1 fully saturated rings. The van der Waals surface area contributed by atoms with Crippen LogP contribution >= 0.6 is 0 Å². The Hall–Kier alpha value is -0.650. The number of nitrogens with zero attached hydrogens (tertiary/aromatic N) is 1. The minimum Gasteiger partial charge on any atom is -0.481 e. The van der Waals surface area contributed by atoms with Crippen LogP contribution in [0, 0.1) is 5.41 Å². The van der Waals surface area contributed by atoms with E-state index in [4.69, 9.17) is 15.6 Å². The molecule has 88 valence electrons. The van der Waals surface area contributed by atoms with Crippen LogP contribution < -0.4 is 5.73 Å². The van der Waals surface area contributed by atoms with Crippen LogP contribution in [0.25, 0.3) is 0 Å². The van der Waals surface area contributed by atoms with E-state index in [0.29, 0.717) is 6.42 Å². The molecule has 1 unspecified atom stereocenters. The van der Waals surface area contributed by atoms with Crippen molar-refractivity contribution in [2.75, 3.05) is 39.4 Å². The molecule has 0 aromatic rings. The second kappa shape index (κ2) is 5.44. The summed E-state index contributed by atoms with van der Waals surface area (Å²) in [5, 5.41) is 9.04. The van der Waals surface area contributed by atoms with Gasteiger partial charge in [0.25, 0.3) is 0 Å². The molecule has 3 N–H and O–H groups in total. The van der Waals surface area contributed by atoms with E-state index in [0.717, 1.165) is 32.8 Å². The van der Waals surface area contributed by atoms with Gasteiger partial charge in [-0.05, 0) is 19.9 Å². The number of ether oxygens (including phenoxy) is 1. The van der Waals surface area contributed by atoms with Gasteiger partial charge in [0.05, 0.1) is 18.6 Å². The van der Waals surface area contributed by atoms with Gasteiger partial charge in [0.2, 0.25) is 0 Å². The molecular weight excluding hydrogens is 196 g/mol. The van der Waals surface area contributed by atoms with E-state index in [1.54, 1.807) is 6.92 Å². The van der Waals surface area contributed by atoms with E-state index >= 15 is 0 Å². The molecule has 15 heavy (non-hydrogen) atoms. The molecule has 1 saturated heterocycles. The third kappa shape index (κ3) is 3.44. The van der Waals surface area contributed by atoms with E-state index in [2.05, 4.69) is 4.90 Å². The third-order valence-corrected chi connectivity index (χ3v) is 3.05. The van der Waals surface area contributed by atoms with Crippen molar-refractivity contribution in [1.82, 2.24) is 4.90 Å². The fraction of sp³-hybridized carbons (Fsp3) is 0.900. The summed E-state index contributed by atoms with van der Waals surface area (Å²) in [4.78, 5) is 13.2. The van der Waals surface area contributed by atoms with Crippen molar-refractivity contribution in [3.8, 4) is 0 Å². The highest BCUT2D eigenvalue weighted by molar-refractivity contribution is 5.74. The molecule has 0 aromatic heterocycles. The van der Waals surface area contributed by atoms with Crippen molar-refractivity contribution in [2.45, 2.75) is 13.3 Å². The second-order valence-corrected chi connectivity index (χ2v) is 4.27. The van der Waals surface area contributed by atoms with Gasteiger partial charge >= 0.3 is 5.97 Å². The molecule has 0 radical (unpaired) electrons. The molecule has 0 bridgehead atoms. The first-order valence-corrected chi connectivity index (χ1v) is 5.32. The summed E-state index contributed by atoms with van der Waals surface area (Å²) in [5.74, 6) is -0.807. The Morgan fingerprint density at radius 2 is 2.13 bits per heavy atom. The largest absolute Gasteiger partial charge is 0.481 e. The van der Waals surface area contributed by atoms with E-state index in [9.17, 15) is 4.79 Å². The van der Waals surface area contributed by atoms with Crippen LogP contribution in [0.2, 0.25) is 0 Å². The van der Waals surface area contributed by atoms with Gasteiger partial charge in [0.15, 0.2) is 0 Å². The zero-order chi connectivity index (χ0) is 11.3. The topological polar surface area (TPSA) is 75.8 Å². The molecule has 0 spiro atoms. The molecule has 0 amide bonds. The van der Waals surface area contributed by atoms with Crippen LogP contribution in [0.5, 0.6) is 0 Å². The van der Waals surface area contributed by atoms with Gasteiger partial charge in [-0.3, -0.25) is 9.69 Å². The van der Waals surface area contributed by atoms with Crippen molar-refractivity contribution >= 4 is 5.97 Å². The Morgan fingerprint density at radius 3 is 2.60 bits per heavy atom. The van der Waals surface area contributed by atoms with Crippen molar-refractivity contribution in [2.24, 2.45) is 11.1 Å². The molecule has 1 rings (SSSR count). The van der Waals surface area contributed by atoms with Gasteiger partial charge in [-0.25, -0.2) is 0 Å². The molecule has 1 aliphatic heterocycles. The van der Waals surface area contributed by atoms with Crippen molar-refractivity contribution < 1.29 is 14.6 Å². The Bertz CT molecular complexity index is 217. The van der Waals surface area contributed by atoms with Gasteiger partial charge in [-0.2, -0.15) is 0 Å². The number of nitrogens with two attached hydrogens (primary N) is 1. The quantitative estimate of drug-likeness (QED) is 0.663. The summed E-state index contributed by atoms with van der Waals surface area (Å²) in [6.07, 6.45) is 0.596. The molecule has 1 aliphatic rings. The summed E-state index contributed by atoms with van der Waals surface area (Å²) >= 11 is 0. The van der Waals surface area contributed by atoms with Crippen LogP contribution in [-0.4, -0.2) is 55.4 Å². The highest BCUT2D eigenvalue weighted by Crippen LogP contribution is 2.20. The number of aliphatic carboxylic acids is 1. The Balaban J connectivity index is 2.36. The number of hydrogen-bond donors (Lipinski definition) is 2. The number of carboxylic acid groups (broad SMARTS) is 1. The molecule has 5 nitrogen and oxygen atoms in total. The number of carbonyl (C=O) groups is 1. The number of rotatable bonds is 5. The van der Waals surface area contributed by atoms with E-state index in [-0.39, 0.29) is 6.54 Å². The lowest BCUT2D eigenvalue weighted by Crippen LogP contribution is -2.42. The highest BCUT2D eigenvalue weighted by Gasteiger charge is 2.31. The molecule has 1 atom stereocenters. The normalized spacial score (nSPS) is 22.3. The average Bonchev–Trinajstić information content (AvgIpc) is 2.27. The van der Waals surface area contributed by atoms with Gasteiger partial charge in [0, 0.05) is 19.6 Å². The van der Waals surface area contributed by atoms with Crippen LogP contribution in [0.15, 0.2) is 0 Å². The fourth-order valence-electron chi connectivity index (χ4n) is 1.53. The maximum absolute atomic E-state index is 11.0. The predicted molar refractivity (Wildman–Crippen MR) is 56.7 cm³/mol. The predicted octanol–water partition coefficient (Wildman–Crippen LogP) is -0.242. The maximum Gasteiger partial charge on any atom is 0.310 e. The summed E-state index contributed by atoms with van der Waals surface area (Å²) in [6, 6.07) is 0. The Kier molecular flexibility index (Phi) is 4.50. The van der Waals surface area contributed by atoms with Crippen LogP contribution in [0.4, 0.5) is 0 Å². The first kappa shape index (κ1) is 12.4. The van der Waals surface area contributed by atoms with Gasteiger partial charge in [-0.15, -0.1) is 0 Å². The second-order valence-electron chi connectivity index (χ2n) is 4.27. The van der Waals surface area contributed by atoms with Crippen LogP contribution in [-0.2, 0) is 9.53 Å². The maximum atomic E-state index is 11.0. The summed E-state index contributed by atoms with van der Waals surface area (Å²) in [5.41, 5.74) is 4.71. The summed E-state index contributed by atoms with van der Waals surface area (Å²) in [7, 11) is 0. The van der Waals surface area contributed by atoms with E-state index in [1.807, 2.05) is 0 Å². The van der Waals surface area contributed by atoms with Gasteiger partial charge in [0.1, 0.15) is 0 Å². The zero-order valence-corrected chi connectivity index (χ0v) is 9.24. The molecule has 0 aliphatic carbocycles. The van der Waals surface area contributed by atoms with Crippen LogP contribution in [0.1, 0.15) is 13.3 Å². The van der Waals surface area contributed by atoms with E-state index in [1.165, 1.54) is 0 Å². The van der Waals surface area contributed by atoms with E-state index < -0.39 is 11.4 Å². The van der Waals surface area contributed by atoms with Crippen LogP contribution in [0.3, 0.4) is 0 Å². The number of hydrogen-bond acceptors (Lipinski definition) is 4. The van der Waals surface area contributed by atoms with Crippen molar-refractivity contribution in [3.05, 3.63) is 0 Å². The minimum absolute atomic E-state index is 0.187. The number of carboxylic acids is 1. The Morgan fingerprint density at radius 1 is 1.53 bits per heavy atom. The Labute approximate surface area is 90.2 Å². The zero-order valence-electron chi connectivity index (χ0n) is 9.24. The van der Waals surface area contributed by atoms with Crippen molar-refractivity contribution in [3.63, 3.8) is 0 Å². The van der Waals surface area contributed by atoms with Crippen molar-refractivity contribution in [1.29, 1.82) is 0 Å². The fourth-order valence-corrected chi connectivity index (χ4v) is 1.53. The molecular formula is C10H20N2O3. The molecule has 0 aromatic carbocycles. The summed E-state index contributed by atoms with van der Waals surface area (Å²) in [6.45, 7) is 5.94. The SMILES string of the molecule is CC(CN)(CCN1CCOCC1)C(=O)O. The first-order chi connectivity index (χ1) is 7.08. The molecule has 1 heterocycles.